The summed E-state index contributed by atoms with van der Waals surface area (Å²) in [6.07, 6.45) is 2.10. The highest BCUT2D eigenvalue weighted by atomic mass is 127. The maximum Gasteiger partial charge on any atom is 0.251 e. The summed E-state index contributed by atoms with van der Waals surface area (Å²) in [6.45, 7) is 8.69. The molecule has 0 spiro atoms. The van der Waals surface area contributed by atoms with Gasteiger partial charge in [-0.3, -0.25) is 4.79 Å². The first-order valence-corrected chi connectivity index (χ1v) is 10.8. The molecular weight excluding hydrogens is 495 g/mol. The Morgan fingerprint density at radius 2 is 1.79 bits per heavy atom. The molecule has 2 aromatic carbocycles. The van der Waals surface area contributed by atoms with Crippen molar-refractivity contribution in [3.8, 4) is 0 Å². The van der Waals surface area contributed by atoms with E-state index >= 15 is 0 Å². The van der Waals surface area contributed by atoms with E-state index in [1.165, 1.54) is 16.0 Å². The predicted octanol–water partition coefficient (Wildman–Crippen LogP) is 4.34. The van der Waals surface area contributed by atoms with Crippen molar-refractivity contribution in [1.29, 1.82) is 0 Å². The van der Waals surface area contributed by atoms with Gasteiger partial charge in [0.1, 0.15) is 0 Å². The normalized spacial score (nSPS) is 10.8. The Bertz CT molecular complexity index is 826. The largest absolute Gasteiger partial charge is 0.357 e. The Morgan fingerprint density at radius 3 is 2.48 bits per heavy atom. The number of halogens is 1. The van der Waals surface area contributed by atoms with E-state index in [4.69, 9.17) is 0 Å². The first kappa shape index (κ1) is 25.3. The monoisotopic (exact) mass is 526 g/mol. The Labute approximate surface area is 195 Å². The van der Waals surface area contributed by atoms with Crippen molar-refractivity contribution < 1.29 is 4.79 Å². The van der Waals surface area contributed by atoms with Crippen LogP contribution in [0.5, 0.6) is 0 Å². The van der Waals surface area contributed by atoms with E-state index < -0.39 is 0 Å². The maximum absolute atomic E-state index is 12.0. The highest BCUT2D eigenvalue weighted by molar-refractivity contribution is 14.0. The number of nitrogens with one attached hydrogen (secondary N) is 3. The molecule has 0 atom stereocenters. The molecule has 0 unspecified atom stereocenters. The molecule has 158 valence electrons. The van der Waals surface area contributed by atoms with Crippen LogP contribution in [0.15, 0.2) is 52.4 Å². The first-order valence-electron chi connectivity index (χ1n) is 9.60. The van der Waals surface area contributed by atoms with Gasteiger partial charge in [0.05, 0.1) is 6.54 Å². The van der Waals surface area contributed by atoms with Gasteiger partial charge in [-0.05, 0) is 61.9 Å². The van der Waals surface area contributed by atoms with Crippen molar-refractivity contribution in [2.24, 2.45) is 4.99 Å². The second kappa shape index (κ2) is 13.5. The summed E-state index contributed by atoms with van der Waals surface area (Å²) in [5.74, 6) is 0.709. The SMILES string of the molecule is CCNC(=O)c1cccc(CN=C(NCC)NCc2ccc(C)cc2SC)c1.I. The van der Waals surface area contributed by atoms with Crippen LogP contribution in [-0.2, 0) is 13.1 Å². The molecule has 5 nitrogen and oxygen atoms in total. The number of amides is 1. The highest BCUT2D eigenvalue weighted by Crippen LogP contribution is 2.21. The standard InChI is InChI=1S/C22H30N4OS.HI/c1-5-23-21(27)18-9-7-8-17(13-18)14-25-22(24-6-2)26-15-19-11-10-16(3)12-20(19)28-4;/h7-13H,5-6,14-15H2,1-4H3,(H,23,27)(H2,24,25,26);1H. The Morgan fingerprint density at radius 1 is 1.03 bits per heavy atom. The lowest BCUT2D eigenvalue weighted by Gasteiger charge is -2.14. The number of thioether (sulfide) groups is 1. The van der Waals surface area contributed by atoms with Crippen LogP contribution in [0.25, 0.3) is 0 Å². The molecule has 0 radical (unpaired) electrons. The summed E-state index contributed by atoms with van der Waals surface area (Å²) >= 11 is 1.75. The van der Waals surface area contributed by atoms with Gasteiger partial charge in [0.25, 0.3) is 5.91 Å². The molecule has 3 N–H and O–H groups in total. The van der Waals surface area contributed by atoms with E-state index in [2.05, 4.69) is 52.3 Å². The Balaban J connectivity index is 0.00000420. The molecule has 2 aromatic rings. The third kappa shape index (κ3) is 8.26. The van der Waals surface area contributed by atoms with Crippen LogP contribution in [0.1, 0.15) is 40.9 Å². The van der Waals surface area contributed by atoms with E-state index in [1.807, 2.05) is 38.1 Å². The van der Waals surface area contributed by atoms with Gasteiger partial charge in [0.2, 0.25) is 0 Å². The summed E-state index contributed by atoms with van der Waals surface area (Å²) in [5, 5.41) is 9.51. The van der Waals surface area contributed by atoms with Gasteiger partial charge < -0.3 is 16.0 Å². The van der Waals surface area contributed by atoms with Gasteiger partial charge in [0.15, 0.2) is 5.96 Å². The van der Waals surface area contributed by atoms with Crippen LogP contribution in [0, 0.1) is 6.92 Å². The minimum absolute atomic E-state index is 0. The van der Waals surface area contributed by atoms with Gasteiger partial charge >= 0.3 is 0 Å². The molecule has 0 heterocycles. The molecule has 1 amide bonds. The number of carbonyl (C=O) groups is 1. The topological polar surface area (TPSA) is 65.5 Å². The number of guanidine groups is 1. The number of aliphatic imine (C=N–C) groups is 1. The van der Waals surface area contributed by atoms with Crippen LogP contribution in [-0.4, -0.2) is 31.2 Å². The lowest BCUT2D eigenvalue weighted by molar-refractivity contribution is 0.0955. The van der Waals surface area contributed by atoms with Crippen LogP contribution in [0.3, 0.4) is 0 Å². The Kier molecular flexibility index (Phi) is 11.8. The van der Waals surface area contributed by atoms with Gasteiger partial charge in [-0.25, -0.2) is 4.99 Å². The average molecular weight is 526 g/mol. The average Bonchev–Trinajstić information content (AvgIpc) is 2.71. The van der Waals surface area contributed by atoms with Crippen LogP contribution >= 0.6 is 35.7 Å². The lowest BCUT2D eigenvalue weighted by Crippen LogP contribution is -2.36. The molecule has 0 aromatic heterocycles. The molecule has 0 fully saturated rings. The summed E-state index contributed by atoms with van der Waals surface area (Å²) < 4.78 is 0. The zero-order valence-electron chi connectivity index (χ0n) is 17.5. The second-order valence-corrected chi connectivity index (χ2v) is 7.27. The fraction of sp³-hybridized carbons (Fsp3) is 0.364. The van der Waals surface area contributed by atoms with Gasteiger partial charge in [-0.1, -0.05) is 24.3 Å². The van der Waals surface area contributed by atoms with E-state index in [1.54, 1.807) is 11.8 Å². The molecule has 0 aliphatic carbocycles. The van der Waals surface area contributed by atoms with E-state index in [9.17, 15) is 4.79 Å². The van der Waals surface area contributed by atoms with Crippen molar-refractivity contribution >= 4 is 47.6 Å². The van der Waals surface area contributed by atoms with Gasteiger partial charge in [0, 0.05) is 30.1 Å². The molecule has 0 aliphatic rings. The minimum atomic E-state index is -0.0534. The number of aryl methyl sites for hydroxylation is 1. The zero-order valence-corrected chi connectivity index (χ0v) is 20.7. The summed E-state index contributed by atoms with van der Waals surface area (Å²) in [4.78, 5) is 18.0. The van der Waals surface area contributed by atoms with Crippen LogP contribution < -0.4 is 16.0 Å². The predicted molar refractivity (Wildman–Crippen MR) is 134 cm³/mol. The third-order valence-corrected chi connectivity index (χ3v) is 5.00. The van der Waals surface area contributed by atoms with Crippen LogP contribution in [0.2, 0.25) is 0 Å². The number of nitrogens with zero attached hydrogens (tertiary/aromatic N) is 1. The van der Waals surface area contributed by atoms with Crippen molar-refractivity contribution in [3.63, 3.8) is 0 Å². The van der Waals surface area contributed by atoms with E-state index in [0.29, 0.717) is 25.2 Å². The lowest BCUT2D eigenvalue weighted by atomic mass is 10.1. The quantitative estimate of drug-likeness (QED) is 0.207. The van der Waals surface area contributed by atoms with Crippen molar-refractivity contribution in [2.75, 3.05) is 19.3 Å². The van der Waals surface area contributed by atoms with Crippen molar-refractivity contribution in [3.05, 3.63) is 64.7 Å². The molecule has 0 aliphatic heterocycles. The molecule has 0 bridgehead atoms. The fourth-order valence-electron chi connectivity index (χ4n) is 2.76. The van der Waals surface area contributed by atoms with Gasteiger partial charge in [-0.2, -0.15) is 0 Å². The number of hydrogen-bond donors (Lipinski definition) is 3. The molecule has 29 heavy (non-hydrogen) atoms. The van der Waals surface area contributed by atoms with Crippen molar-refractivity contribution in [2.45, 2.75) is 38.8 Å². The summed E-state index contributed by atoms with van der Waals surface area (Å²) in [6, 6.07) is 14.1. The number of benzene rings is 2. The first-order chi connectivity index (χ1) is 13.6. The molecular formula is C22H31IN4OS. The molecule has 7 heteroatoms. The minimum Gasteiger partial charge on any atom is -0.357 e. The van der Waals surface area contributed by atoms with Crippen LogP contribution in [0.4, 0.5) is 0 Å². The summed E-state index contributed by atoms with van der Waals surface area (Å²) in [7, 11) is 0. The smallest absolute Gasteiger partial charge is 0.251 e. The molecule has 0 saturated carbocycles. The number of carbonyl (C=O) groups excluding carboxylic acids is 1. The highest BCUT2D eigenvalue weighted by Gasteiger charge is 2.06. The second-order valence-electron chi connectivity index (χ2n) is 6.42. The number of rotatable bonds is 8. The van der Waals surface area contributed by atoms with Crippen molar-refractivity contribution in [1.82, 2.24) is 16.0 Å². The molecule has 2 rings (SSSR count). The zero-order chi connectivity index (χ0) is 20.4. The summed E-state index contributed by atoms with van der Waals surface area (Å²) in [5.41, 5.74) is 4.18. The fourth-order valence-corrected chi connectivity index (χ4v) is 3.47. The van der Waals surface area contributed by atoms with E-state index in [-0.39, 0.29) is 29.9 Å². The van der Waals surface area contributed by atoms with E-state index in [0.717, 1.165) is 18.1 Å². The maximum atomic E-state index is 12.0. The van der Waals surface area contributed by atoms with Gasteiger partial charge in [-0.15, -0.1) is 35.7 Å². The Hall–Kier alpha value is -1.74. The molecule has 0 saturated heterocycles. The number of hydrogen-bond acceptors (Lipinski definition) is 3. The third-order valence-electron chi connectivity index (χ3n) is 4.18.